The van der Waals surface area contributed by atoms with Crippen LogP contribution in [-0.4, -0.2) is 22.2 Å². The Morgan fingerprint density at radius 1 is 1.27 bits per heavy atom. The minimum atomic E-state index is -0.485. The summed E-state index contributed by atoms with van der Waals surface area (Å²) in [5.41, 5.74) is 0.614. The van der Waals surface area contributed by atoms with Gasteiger partial charge in [-0.3, -0.25) is 0 Å². The first-order valence-electron chi connectivity index (χ1n) is 6.48. The van der Waals surface area contributed by atoms with Crippen molar-refractivity contribution in [2.24, 2.45) is 0 Å². The Morgan fingerprint density at radius 2 is 2.14 bits per heavy atom. The minimum absolute atomic E-state index is 0.0548. The largest absolute Gasteiger partial charge is 0.504 e. The smallest absolute Gasteiger partial charge is 0.348 e. The number of ether oxygens (including phenoxy) is 1. The van der Waals surface area contributed by atoms with Gasteiger partial charge in [-0.15, -0.1) is 0 Å². The first-order chi connectivity index (χ1) is 10.7. The molecule has 2 heterocycles. The van der Waals surface area contributed by atoms with Gasteiger partial charge < -0.3 is 14.3 Å². The molecule has 0 aliphatic carbocycles. The molecule has 3 aromatic rings. The summed E-state index contributed by atoms with van der Waals surface area (Å²) in [4.78, 5) is 20.0. The zero-order chi connectivity index (χ0) is 15.5. The van der Waals surface area contributed by atoms with Gasteiger partial charge in [0.15, 0.2) is 17.1 Å². The molecule has 0 saturated heterocycles. The Hall–Kier alpha value is -3.15. The number of nitrogens with zero attached hydrogens (tertiary/aromatic N) is 2. The first-order valence-corrected chi connectivity index (χ1v) is 6.48. The average Bonchev–Trinajstić information content (AvgIpc) is 2.54. The molecule has 0 aliphatic rings. The Kier molecular flexibility index (Phi) is 3.57. The lowest BCUT2D eigenvalue weighted by Crippen LogP contribution is -2.03. The molecule has 0 fully saturated rings. The first kappa shape index (κ1) is 13.8. The third-order valence-electron chi connectivity index (χ3n) is 3.04. The predicted octanol–water partition coefficient (Wildman–Crippen LogP) is 2.47. The Morgan fingerprint density at radius 3 is 2.95 bits per heavy atom. The minimum Gasteiger partial charge on any atom is -0.504 e. The van der Waals surface area contributed by atoms with Crippen LogP contribution in [0.3, 0.4) is 0 Å². The second-order valence-corrected chi connectivity index (χ2v) is 4.48. The van der Waals surface area contributed by atoms with Gasteiger partial charge in [-0.25, -0.2) is 9.78 Å². The Labute approximate surface area is 125 Å². The molecule has 0 radical (unpaired) electrons. The van der Waals surface area contributed by atoms with Crippen molar-refractivity contribution >= 4 is 23.2 Å². The van der Waals surface area contributed by atoms with E-state index in [4.69, 9.17) is 9.15 Å². The molecule has 3 rings (SSSR count). The highest BCUT2D eigenvalue weighted by Crippen LogP contribution is 2.26. The molecule has 22 heavy (non-hydrogen) atoms. The second-order valence-electron chi connectivity index (χ2n) is 4.48. The molecule has 2 aromatic heterocycles. The number of hydrogen-bond acceptors (Lipinski definition) is 6. The molecule has 1 N–H and O–H groups in total. The van der Waals surface area contributed by atoms with Crippen molar-refractivity contribution in [1.29, 1.82) is 0 Å². The van der Waals surface area contributed by atoms with E-state index in [1.165, 1.54) is 13.2 Å². The average molecular weight is 296 g/mol. The van der Waals surface area contributed by atoms with Crippen LogP contribution in [0, 0.1) is 0 Å². The summed E-state index contributed by atoms with van der Waals surface area (Å²) in [6, 6.07) is 8.14. The molecule has 0 aliphatic heterocycles. The Bertz CT molecular complexity index is 915. The number of aromatic hydroxyl groups is 1. The molecule has 0 saturated carbocycles. The van der Waals surface area contributed by atoms with Crippen LogP contribution in [0.25, 0.3) is 23.2 Å². The van der Waals surface area contributed by atoms with Crippen molar-refractivity contribution in [1.82, 2.24) is 9.97 Å². The summed E-state index contributed by atoms with van der Waals surface area (Å²) in [5, 5.41) is 9.88. The summed E-state index contributed by atoms with van der Waals surface area (Å²) in [6.45, 7) is 0. The number of pyridine rings is 1. The van der Waals surface area contributed by atoms with Gasteiger partial charge in [-0.1, -0.05) is 6.07 Å². The molecule has 0 spiro atoms. The maximum absolute atomic E-state index is 11.8. The van der Waals surface area contributed by atoms with Crippen molar-refractivity contribution in [2.75, 3.05) is 7.11 Å². The number of benzene rings is 1. The number of aromatic nitrogens is 2. The van der Waals surface area contributed by atoms with Crippen LogP contribution in [0.15, 0.2) is 45.7 Å². The molecule has 6 heteroatoms. The summed E-state index contributed by atoms with van der Waals surface area (Å²) in [6.07, 6.45) is 4.82. The molecular weight excluding hydrogens is 284 g/mol. The van der Waals surface area contributed by atoms with Gasteiger partial charge in [0.05, 0.1) is 7.11 Å². The van der Waals surface area contributed by atoms with Crippen LogP contribution in [0.1, 0.15) is 11.5 Å². The third-order valence-corrected chi connectivity index (χ3v) is 3.04. The zero-order valence-corrected chi connectivity index (χ0v) is 11.7. The van der Waals surface area contributed by atoms with Gasteiger partial charge in [0.1, 0.15) is 5.39 Å². The van der Waals surface area contributed by atoms with E-state index in [-0.39, 0.29) is 11.6 Å². The van der Waals surface area contributed by atoms with Crippen LogP contribution < -0.4 is 10.4 Å². The number of hydrogen-bond donors (Lipinski definition) is 1. The van der Waals surface area contributed by atoms with Crippen molar-refractivity contribution < 1.29 is 14.3 Å². The SMILES string of the molecule is COc1cc(/C=C/c2nc3ncccc3c(=O)o2)ccc1O. The quantitative estimate of drug-likeness (QED) is 0.799. The molecular formula is C16H12N2O4. The van der Waals surface area contributed by atoms with Crippen molar-refractivity contribution in [2.45, 2.75) is 0 Å². The predicted molar refractivity (Wildman–Crippen MR) is 81.7 cm³/mol. The van der Waals surface area contributed by atoms with Crippen LogP contribution in [0.4, 0.5) is 0 Å². The second kappa shape index (κ2) is 5.69. The molecule has 0 bridgehead atoms. The third kappa shape index (κ3) is 2.67. The Balaban J connectivity index is 1.97. The monoisotopic (exact) mass is 296 g/mol. The van der Waals surface area contributed by atoms with Gasteiger partial charge in [-0.05, 0) is 35.9 Å². The van der Waals surface area contributed by atoms with Crippen molar-refractivity contribution in [3.63, 3.8) is 0 Å². The highest BCUT2D eigenvalue weighted by molar-refractivity contribution is 5.74. The van der Waals surface area contributed by atoms with Crippen molar-refractivity contribution in [3.8, 4) is 11.5 Å². The standard InChI is InChI=1S/C16H12N2O4/c1-21-13-9-10(4-6-12(13)19)5-7-14-18-15-11(16(20)22-14)3-2-8-17-15/h2-9,19H,1H3/b7-5+. The van der Waals surface area contributed by atoms with Gasteiger partial charge in [-0.2, -0.15) is 4.98 Å². The number of phenolic OH excluding ortho intramolecular Hbond substituents is 1. The van der Waals surface area contributed by atoms with Crippen LogP contribution >= 0.6 is 0 Å². The van der Waals surface area contributed by atoms with E-state index >= 15 is 0 Å². The number of methoxy groups -OCH3 is 1. The maximum Gasteiger partial charge on any atom is 0.348 e. The van der Waals surface area contributed by atoms with E-state index in [9.17, 15) is 9.90 Å². The van der Waals surface area contributed by atoms with E-state index in [1.54, 1.807) is 42.6 Å². The summed E-state index contributed by atoms with van der Waals surface area (Å²) < 4.78 is 10.1. The number of fused-ring (bicyclic) bond motifs is 1. The van der Waals surface area contributed by atoms with E-state index < -0.39 is 5.63 Å². The summed E-state index contributed by atoms with van der Waals surface area (Å²) in [5.74, 6) is 0.569. The highest BCUT2D eigenvalue weighted by atomic mass is 16.5. The lowest BCUT2D eigenvalue weighted by molar-refractivity contribution is 0.373. The van der Waals surface area contributed by atoms with E-state index in [1.807, 2.05) is 0 Å². The number of rotatable bonds is 3. The molecule has 110 valence electrons. The highest BCUT2D eigenvalue weighted by Gasteiger charge is 2.05. The fourth-order valence-electron chi connectivity index (χ4n) is 1.96. The van der Waals surface area contributed by atoms with Crippen LogP contribution in [0.2, 0.25) is 0 Å². The van der Waals surface area contributed by atoms with E-state index in [0.29, 0.717) is 16.8 Å². The van der Waals surface area contributed by atoms with E-state index in [2.05, 4.69) is 9.97 Å². The van der Waals surface area contributed by atoms with Gasteiger partial charge >= 0.3 is 5.63 Å². The normalized spacial score (nSPS) is 11.1. The zero-order valence-electron chi connectivity index (χ0n) is 11.7. The van der Waals surface area contributed by atoms with Gasteiger partial charge in [0.2, 0.25) is 5.89 Å². The van der Waals surface area contributed by atoms with Crippen LogP contribution in [-0.2, 0) is 0 Å². The van der Waals surface area contributed by atoms with Crippen molar-refractivity contribution in [3.05, 3.63) is 58.4 Å². The summed E-state index contributed by atoms with van der Waals surface area (Å²) >= 11 is 0. The lowest BCUT2D eigenvalue weighted by Gasteiger charge is -2.03. The topological polar surface area (TPSA) is 85.5 Å². The number of phenols is 1. The van der Waals surface area contributed by atoms with Gasteiger partial charge in [0.25, 0.3) is 0 Å². The maximum atomic E-state index is 11.8. The fraction of sp³-hybridized carbons (Fsp3) is 0.0625. The fourth-order valence-corrected chi connectivity index (χ4v) is 1.96. The van der Waals surface area contributed by atoms with E-state index in [0.717, 1.165) is 5.56 Å². The molecule has 0 unspecified atom stereocenters. The summed E-state index contributed by atoms with van der Waals surface area (Å²) in [7, 11) is 1.47. The van der Waals surface area contributed by atoms with Crippen LogP contribution in [0.5, 0.6) is 11.5 Å². The lowest BCUT2D eigenvalue weighted by atomic mass is 10.2. The molecule has 0 amide bonds. The molecule has 0 atom stereocenters. The molecule has 1 aromatic carbocycles. The van der Waals surface area contributed by atoms with Gasteiger partial charge in [0, 0.05) is 12.3 Å². The molecule has 6 nitrogen and oxygen atoms in total.